The summed E-state index contributed by atoms with van der Waals surface area (Å²) in [5.41, 5.74) is 0. The molecule has 6 nitrogen and oxygen atoms in total. The Hall–Kier alpha value is -0.960. The second kappa shape index (κ2) is 7.54. The van der Waals surface area contributed by atoms with E-state index >= 15 is 0 Å². The third kappa shape index (κ3) is 4.28. The summed E-state index contributed by atoms with van der Waals surface area (Å²) in [5, 5.41) is 0. The highest BCUT2D eigenvalue weighted by Gasteiger charge is 2.23. The third-order valence-corrected chi connectivity index (χ3v) is 7.12. The van der Waals surface area contributed by atoms with Crippen LogP contribution < -0.4 is 4.72 Å². The number of rotatable bonds is 8. The van der Waals surface area contributed by atoms with Gasteiger partial charge in [0.2, 0.25) is 20.0 Å². The van der Waals surface area contributed by atoms with Gasteiger partial charge in [0, 0.05) is 19.1 Å². The first kappa shape index (κ1) is 19.1. The Balaban J connectivity index is 3.10. The first-order valence-electron chi connectivity index (χ1n) is 7.31. The van der Waals surface area contributed by atoms with Gasteiger partial charge >= 0.3 is 0 Å². The van der Waals surface area contributed by atoms with E-state index in [1.165, 1.54) is 28.6 Å². The van der Waals surface area contributed by atoms with Crippen LogP contribution in [0.4, 0.5) is 0 Å². The van der Waals surface area contributed by atoms with Crippen LogP contribution in [0.25, 0.3) is 0 Å². The maximum absolute atomic E-state index is 12.3. The van der Waals surface area contributed by atoms with E-state index in [4.69, 9.17) is 0 Å². The molecular formula is C14H24N2O4S2. The van der Waals surface area contributed by atoms with Crippen LogP contribution in [0, 0.1) is 0 Å². The Bertz CT molecular complexity index is 678. The number of nitrogens with zero attached hydrogens (tertiary/aromatic N) is 1. The summed E-state index contributed by atoms with van der Waals surface area (Å²) < 4.78 is 52.8. The summed E-state index contributed by atoms with van der Waals surface area (Å²) >= 11 is 0. The van der Waals surface area contributed by atoms with Crippen LogP contribution in [0.5, 0.6) is 0 Å². The molecule has 1 atom stereocenters. The average Bonchev–Trinajstić information content (AvgIpc) is 2.47. The molecule has 1 aromatic carbocycles. The van der Waals surface area contributed by atoms with Crippen molar-refractivity contribution in [1.29, 1.82) is 0 Å². The van der Waals surface area contributed by atoms with Crippen molar-refractivity contribution in [3.63, 3.8) is 0 Å². The Labute approximate surface area is 133 Å². The molecule has 0 aliphatic rings. The van der Waals surface area contributed by atoms with E-state index in [0.717, 1.165) is 0 Å². The van der Waals surface area contributed by atoms with Crippen molar-refractivity contribution in [2.75, 3.05) is 13.1 Å². The molecule has 0 saturated carbocycles. The summed E-state index contributed by atoms with van der Waals surface area (Å²) in [6.45, 7) is 7.92. The van der Waals surface area contributed by atoms with Crippen LogP contribution in [-0.4, -0.2) is 40.3 Å². The van der Waals surface area contributed by atoms with E-state index in [0.29, 0.717) is 19.5 Å². The molecule has 1 rings (SSSR count). The zero-order chi connectivity index (χ0) is 17.0. The monoisotopic (exact) mass is 348 g/mol. The second-order valence-corrected chi connectivity index (χ2v) is 8.64. The fourth-order valence-electron chi connectivity index (χ4n) is 1.92. The maximum Gasteiger partial charge on any atom is 0.243 e. The lowest BCUT2D eigenvalue weighted by Crippen LogP contribution is -2.32. The number of nitrogens with one attached hydrogen (secondary N) is 1. The maximum atomic E-state index is 12.3. The molecule has 0 radical (unpaired) electrons. The van der Waals surface area contributed by atoms with Gasteiger partial charge in [0.25, 0.3) is 0 Å². The number of hydrogen-bond donors (Lipinski definition) is 1. The third-order valence-electron chi connectivity index (χ3n) is 3.45. The lowest BCUT2D eigenvalue weighted by molar-refractivity contribution is 0.445. The van der Waals surface area contributed by atoms with E-state index in [1.54, 1.807) is 20.8 Å². The first-order chi connectivity index (χ1) is 10.2. The van der Waals surface area contributed by atoms with Crippen LogP contribution in [-0.2, 0) is 20.0 Å². The first-order valence-corrected chi connectivity index (χ1v) is 10.2. The molecule has 1 N–H and O–H groups in total. The van der Waals surface area contributed by atoms with E-state index in [-0.39, 0.29) is 15.8 Å². The smallest absolute Gasteiger partial charge is 0.208 e. The largest absolute Gasteiger partial charge is 0.243 e. The predicted octanol–water partition coefficient (Wildman–Crippen LogP) is 1.79. The van der Waals surface area contributed by atoms with Crippen molar-refractivity contribution in [1.82, 2.24) is 9.03 Å². The quantitative estimate of drug-likeness (QED) is 0.776. The van der Waals surface area contributed by atoms with Gasteiger partial charge < -0.3 is 0 Å². The number of sulfonamides is 2. The molecule has 8 heteroatoms. The van der Waals surface area contributed by atoms with Crippen LogP contribution in [0.15, 0.2) is 34.1 Å². The Morgan fingerprint density at radius 3 is 1.82 bits per heavy atom. The van der Waals surface area contributed by atoms with Crippen LogP contribution >= 0.6 is 0 Å². The van der Waals surface area contributed by atoms with Gasteiger partial charge in [0.05, 0.1) is 9.79 Å². The van der Waals surface area contributed by atoms with Crippen LogP contribution in [0.2, 0.25) is 0 Å². The normalized spacial score (nSPS) is 14.2. The highest BCUT2D eigenvalue weighted by molar-refractivity contribution is 7.89. The fourth-order valence-corrected chi connectivity index (χ4v) is 4.70. The minimum Gasteiger partial charge on any atom is -0.208 e. The molecular weight excluding hydrogens is 324 g/mol. The molecule has 0 unspecified atom stereocenters. The second-order valence-electron chi connectivity index (χ2n) is 4.99. The van der Waals surface area contributed by atoms with E-state index < -0.39 is 20.0 Å². The molecule has 126 valence electrons. The molecule has 0 heterocycles. The number of hydrogen-bond acceptors (Lipinski definition) is 4. The SMILES string of the molecule is CC[C@H](C)NS(=O)(=O)c1ccc(S(=O)(=O)N(CC)CC)cc1. The molecule has 0 saturated heterocycles. The molecule has 0 aliphatic heterocycles. The zero-order valence-corrected chi connectivity index (χ0v) is 15.0. The van der Waals surface area contributed by atoms with Gasteiger partial charge in [-0.3, -0.25) is 0 Å². The molecule has 1 aromatic rings. The van der Waals surface area contributed by atoms with Crippen LogP contribution in [0.1, 0.15) is 34.1 Å². The molecule has 0 amide bonds. The van der Waals surface area contributed by atoms with Gasteiger partial charge in [0.15, 0.2) is 0 Å². The van der Waals surface area contributed by atoms with Crippen LogP contribution in [0.3, 0.4) is 0 Å². The summed E-state index contributed by atoms with van der Waals surface area (Å²) in [7, 11) is -7.20. The standard InChI is InChI=1S/C14H24N2O4S2/c1-5-12(4)15-21(17,18)13-8-10-14(11-9-13)22(19,20)16(6-2)7-3/h8-12,15H,5-7H2,1-4H3/t12-/m0/s1. The molecule has 0 fully saturated rings. The molecule has 0 spiro atoms. The van der Waals surface area contributed by atoms with E-state index in [1.807, 2.05) is 6.92 Å². The lowest BCUT2D eigenvalue weighted by atomic mass is 10.3. The van der Waals surface area contributed by atoms with Gasteiger partial charge in [-0.1, -0.05) is 20.8 Å². The van der Waals surface area contributed by atoms with Gasteiger partial charge in [0.1, 0.15) is 0 Å². The molecule has 22 heavy (non-hydrogen) atoms. The lowest BCUT2D eigenvalue weighted by Gasteiger charge is -2.18. The van der Waals surface area contributed by atoms with E-state index in [2.05, 4.69) is 4.72 Å². The van der Waals surface area contributed by atoms with Crippen molar-refractivity contribution in [2.45, 2.75) is 49.9 Å². The van der Waals surface area contributed by atoms with Crippen molar-refractivity contribution in [3.05, 3.63) is 24.3 Å². The summed E-state index contributed by atoms with van der Waals surface area (Å²) in [4.78, 5) is 0.157. The van der Waals surface area contributed by atoms with E-state index in [9.17, 15) is 16.8 Å². The highest BCUT2D eigenvalue weighted by Crippen LogP contribution is 2.18. The minimum absolute atomic E-state index is 0.0614. The average molecular weight is 348 g/mol. The number of benzene rings is 1. The highest BCUT2D eigenvalue weighted by atomic mass is 32.2. The Kier molecular flexibility index (Phi) is 6.54. The molecule has 0 bridgehead atoms. The van der Waals surface area contributed by atoms with Crippen molar-refractivity contribution in [2.24, 2.45) is 0 Å². The summed E-state index contributed by atoms with van der Waals surface area (Å²) in [6.07, 6.45) is 0.674. The van der Waals surface area contributed by atoms with Crippen molar-refractivity contribution < 1.29 is 16.8 Å². The van der Waals surface area contributed by atoms with Gasteiger partial charge in [-0.2, -0.15) is 4.31 Å². The topological polar surface area (TPSA) is 83.5 Å². The minimum atomic E-state index is -3.62. The van der Waals surface area contributed by atoms with Crippen molar-refractivity contribution in [3.8, 4) is 0 Å². The molecule has 0 aliphatic carbocycles. The molecule has 0 aromatic heterocycles. The predicted molar refractivity (Wildman–Crippen MR) is 86.6 cm³/mol. The summed E-state index contributed by atoms with van der Waals surface area (Å²) in [5.74, 6) is 0. The van der Waals surface area contributed by atoms with Gasteiger partial charge in [-0.05, 0) is 37.6 Å². The Morgan fingerprint density at radius 1 is 0.955 bits per heavy atom. The zero-order valence-electron chi connectivity index (χ0n) is 13.4. The fraction of sp³-hybridized carbons (Fsp3) is 0.571. The van der Waals surface area contributed by atoms with Crippen molar-refractivity contribution >= 4 is 20.0 Å². The van der Waals surface area contributed by atoms with Gasteiger partial charge in [-0.25, -0.2) is 21.6 Å². The van der Waals surface area contributed by atoms with Gasteiger partial charge in [-0.15, -0.1) is 0 Å². The summed E-state index contributed by atoms with van der Waals surface area (Å²) in [6, 6.07) is 5.13. The Morgan fingerprint density at radius 2 is 1.41 bits per heavy atom.